The summed E-state index contributed by atoms with van der Waals surface area (Å²) in [6.07, 6.45) is 4.04. The fourth-order valence-corrected chi connectivity index (χ4v) is 3.05. The van der Waals surface area contributed by atoms with Crippen molar-refractivity contribution in [2.45, 2.75) is 20.8 Å². The highest BCUT2D eigenvalue weighted by Gasteiger charge is 2.22. The number of aliphatic imine (C=N–C) groups is 2. The third kappa shape index (κ3) is 3.94. The largest absolute Gasteiger partial charge is 0.279 e. The van der Waals surface area contributed by atoms with Crippen LogP contribution in [0.2, 0.25) is 0 Å². The highest BCUT2D eigenvalue weighted by atomic mass is 15.3. The van der Waals surface area contributed by atoms with Crippen molar-refractivity contribution in [1.29, 1.82) is 0 Å². The minimum atomic E-state index is 0.860. The summed E-state index contributed by atoms with van der Waals surface area (Å²) in [6, 6.07) is 24.9. The van der Waals surface area contributed by atoms with Crippen LogP contribution in [0.3, 0.4) is 0 Å². The van der Waals surface area contributed by atoms with E-state index >= 15 is 0 Å². The van der Waals surface area contributed by atoms with E-state index in [0.29, 0.717) is 0 Å². The first-order valence-electron chi connectivity index (χ1n) is 9.44. The molecule has 0 atom stereocenters. The zero-order chi connectivity index (χ0) is 19.5. The van der Waals surface area contributed by atoms with Crippen LogP contribution in [0.1, 0.15) is 16.7 Å². The van der Waals surface area contributed by atoms with Crippen LogP contribution in [-0.4, -0.2) is 11.7 Å². The second-order valence-electron chi connectivity index (χ2n) is 7.12. The molecule has 3 heteroatoms. The van der Waals surface area contributed by atoms with Gasteiger partial charge < -0.3 is 0 Å². The molecule has 3 aromatic rings. The molecule has 3 nitrogen and oxygen atoms in total. The first-order valence-corrected chi connectivity index (χ1v) is 9.44. The van der Waals surface area contributed by atoms with E-state index in [-0.39, 0.29) is 0 Å². The zero-order valence-electron chi connectivity index (χ0n) is 16.4. The minimum absolute atomic E-state index is 0.860. The van der Waals surface area contributed by atoms with E-state index in [9.17, 15) is 0 Å². The van der Waals surface area contributed by atoms with Crippen LogP contribution in [0, 0.1) is 20.8 Å². The third-order valence-corrected chi connectivity index (χ3v) is 4.69. The third-order valence-electron chi connectivity index (χ3n) is 4.69. The van der Waals surface area contributed by atoms with Crippen LogP contribution < -0.4 is 4.90 Å². The summed E-state index contributed by atoms with van der Waals surface area (Å²) in [4.78, 5) is 11.8. The molecule has 138 valence electrons. The molecule has 0 bridgehead atoms. The van der Waals surface area contributed by atoms with Crippen LogP contribution in [0.25, 0.3) is 0 Å². The molecule has 0 spiro atoms. The molecule has 28 heavy (non-hydrogen) atoms. The summed E-state index contributed by atoms with van der Waals surface area (Å²) in [6.45, 7) is 6.25. The average molecular weight is 365 g/mol. The number of amidine groups is 2. The lowest BCUT2D eigenvalue weighted by Crippen LogP contribution is -2.29. The molecule has 0 saturated carbocycles. The second-order valence-corrected chi connectivity index (χ2v) is 7.12. The van der Waals surface area contributed by atoms with Crippen LogP contribution in [0.5, 0.6) is 0 Å². The Morgan fingerprint density at radius 2 is 0.857 bits per heavy atom. The summed E-state index contributed by atoms with van der Waals surface area (Å²) in [7, 11) is 0. The average Bonchev–Trinajstić information content (AvgIpc) is 3.08. The molecule has 1 aliphatic rings. The number of rotatable bonds is 3. The SMILES string of the molecule is Cc1ccc(N=C2C=CC(=Nc3ccc(C)cc3)N2c2ccc(C)cc2)cc1. The summed E-state index contributed by atoms with van der Waals surface area (Å²) < 4.78 is 0. The summed E-state index contributed by atoms with van der Waals surface area (Å²) in [5.41, 5.74) is 6.58. The molecule has 1 heterocycles. The van der Waals surface area contributed by atoms with Crippen LogP contribution in [0.4, 0.5) is 17.1 Å². The van der Waals surface area contributed by atoms with E-state index in [1.807, 2.05) is 36.4 Å². The van der Waals surface area contributed by atoms with Gasteiger partial charge in [0.2, 0.25) is 0 Å². The number of hydrogen-bond donors (Lipinski definition) is 0. The van der Waals surface area contributed by atoms with Gasteiger partial charge in [-0.2, -0.15) is 0 Å². The number of anilines is 1. The quantitative estimate of drug-likeness (QED) is 0.524. The lowest BCUT2D eigenvalue weighted by atomic mass is 10.2. The highest BCUT2D eigenvalue weighted by Crippen LogP contribution is 2.25. The van der Waals surface area contributed by atoms with Crippen LogP contribution in [-0.2, 0) is 0 Å². The van der Waals surface area contributed by atoms with Gasteiger partial charge in [-0.3, -0.25) is 4.90 Å². The molecular formula is C25H23N3. The smallest absolute Gasteiger partial charge is 0.139 e. The minimum Gasteiger partial charge on any atom is -0.279 e. The molecule has 0 aromatic heterocycles. The Balaban J connectivity index is 1.76. The van der Waals surface area contributed by atoms with Gasteiger partial charge in [-0.25, -0.2) is 9.98 Å². The standard InChI is InChI=1S/C25H23N3/c1-18-4-10-21(11-5-18)26-24-16-17-25(27-22-12-6-19(2)7-13-22)28(24)23-14-8-20(3)9-15-23/h4-17H,1-3H3. The molecular weight excluding hydrogens is 342 g/mol. The van der Waals surface area contributed by atoms with Gasteiger partial charge in [-0.1, -0.05) is 53.1 Å². The fourth-order valence-electron chi connectivity index (χ4n) is 3.05. The van der Waals surface area contributed by atoms with Crippen molar-refractivity contribution in [1.82, 2.24) is 0 Å². The van der Waals surface area contributed by atoms with Gasteiger partial charge in [0.25, 0.3) is 0 Å². The van der Waals surface area contributed by atoms with Crippen LogP contribution >= 0.6 is 0 Å². The van der Waals surface area contributed by atoms with Gasteiger partial charge in [0.05, 0.1) is 11.4 Å². The molecule has 0 aliphatic carbocycles. The predicted molar refractivity (Wildman–Crippen MR) is 119 cm³/mol. The van der Waals surface area contributed by atoms with Gasteiger partial charge in [0.1, 0.15) is 11.7 Å². The van der Waals surface area contributed by atoms with E-state index in [2.05, 4.69) is 74.2 Å². The monoisotopic (exact) mass is 365 g/mol. The Kier molecular flexibility index (Phi) is 4.90. The number of aryl methyl sites for hydroxylation is 3. The maximum Gasteiger partial charge on any atom is 0.139 e. The zero-order valence-corrected chi connectivity index (χ0v) is 16.4. The topological polar surface area (TPSA) is 28.0 Å². The molecule has 0 radical (unpaired) electrons. The lowest BCUT2D eigenvalue weighted by molar-refractivity contribution is 1.35. The van der Waals surface area contributed by atoms with Gasteiger partial charge >= 0.3 is 0 Å². The Morgan fingerprint density at radius 1 is 0.500 bits per heavy atom. The lowest BCUT2D eigenvalue weighted by Gasteiger charge is -2.20. The number of benzene rings is 3. The van der Waals surface area contributed by atoms with Crippen molar-refractivity contribution in [2.75, 3.05) is 4.90 Å². The molecule has 0 fully saturated rings. The normalized spacial score (nSPS) is 16.3. The fraction of sp³-hybridized carbons (Fsp3) is 0.120. The van der Waals surface area contributed by atoms with Gasteiger partial charge in [-0.15, -0.1) is 0 Å². The van der Waals surface area contributed by atoms with E-state index in [0.717, 1.165) is 28.7 Å². The first kappa shape index (κ1) is 17.9. The van der Waals surface area contributed by atoms with Gasteiger partial charge in [0.15, 0.2) is 0 Å². The van der Waals surface area contributed by atoms with Crippen molar-refractivity contribution in [3.05, 3.63) is 102 Å². The molecule has 3 aromatic carbocycles. The van der Waals surface area contributed by atoms with Crippen molar-refractivity contribution in [3.8, 4) is 0 Å². The summed E-state index contributed by atoms with van der Waals surface area (Å²) >= 11 is 0. The van der Waals surface area contributed by atoms with E-state index in [1.165, 1.54) is 16.7 Å². The maximum atomic E-state index is 4.86. The Hall–Kier alpha value is -3.46. The van der Waals surface area contributed by atoms with E-state index < -0.39 is 0 Å². The van der Waals surface area contributed by atoms with Crippen molar-refractivity contribution < 1.29 is 0 Å². The number of nitrogens with zero attached hydrogens (tertiary/aromatic N) is 3. The molecule has 0 saturated heterocycles. The van der Waals surface area contributed by atoms with Crippen molar-refractivity contribution in [2.24, 2.45) is 9.98 Å². The second kappa shape index (κ2) is 7.65. The molecule has 4 rings (SSSR count). The molecule has 0 N–H and O–H groups in total. The van der Waals surface area contributed by atoms with E-state index in [4.69, 9.17) is 9.98 Å². The van der Waals surface area contributed by atoms with Gasteiger partial charge in [-0.05, 0) is 69.3 Å². The Labute approximate surface area is 166 Å². The van der Waals surface area contributed by atoms with Crippen LogP contribution in [0.15, 0.2) is 94.9 Å². The van der Waals surface area contributed by atoms with Crippen molar-refractivity contribution in [3.63, 3.8) is 0 Å². The molecule has 1 aliphatic heterocycles. The number of hydrogen-bond acceptors (Lipinski definition) is 2. The highest BCUT2D eigenvalue weighted by molar-refractivity contribution is 6.32. The van der Waals surface area contributed by atoms with Crippen molar-refractivity contribution >= 4 is 28.7 Å². The summed E-state index contributed by atoms with van der Waals surface area (Å²) in [5, 5.41) is 0. The maximum absolute atomic E-state index is 4.86. The predicted octanol–water partition coefficient (Wildman–Crippen LogP) is 6.45. The molecule has 0 amide bonds. The Morgan fingerprint density at radius 3 is 1.25 bits per heavy atom. The summed E-state index contributed by atoms with van der Waals surface area (Å²) in [5.74, 6) is 1.72. The molecule has 0 unspecified atom stereocenters. The first-order chi connectivity index (χ1) is 13.6. The van der Waals surface area contributed by atoms with E-state index in [1.54, 1.807) is 0 Å². The Bertz CT molecular complexity index is 989. The van der Waals surface area contributed by atoms with Gasteiger partial charge in [0, 0.05) is 5.69 Å².